The zero-order valence-corrected chi connectivity index (χ0v) is 9.36. The van der Waals surface area contributed by atoms with Gasteiger partial charge >= 0.3 is 0 Å². The van der Waals surface area contributed by atoms with Crippen LogP contribution in [0.3, 0.4) is 0 Å². The lowest BCUT2D eigenvalue weighted by Crippen LogP contribution is -2.58. The predicted molar refractivity (Wildman–Crippen MR) is 57.0 cm³/mol. The molecule has 0 aliphatic carbocycles. The van der Waals surface area contributed by atoms with E-state index >= 15 is 0 Å². The Balaban J connectivity index is 2.36. The molecule has 0 radical (unpaired) electrons. The minimum Gasteiger partial charge on any atom is -0.340 e. The molecule has 1 rings (SSSR count). The maximum absolute atomic E-state index is 11.8. The Bertz CT molecular complexity index is 182. The largest absolute Gasteiger partial charge is 0.340 e. The highest BCUT2D eigenvalue weighted by Crippen LogP contribution is 2.11. The van der Waals surface area contributed by atoms with Gasteiger partial charge in [0.2, 0.25) is 5.91 Å². The van der Waals surface area contributed by atoms with Crippen LogP contribution in [0.2, 0.25) is 0 Å². The Morgan fingerprint density at radius 1 is 1.69 bits per heavy atom. The summed E-state index contributed by atoms with van der Waals surface area (Å²) in [6.07, 6.45) is 2.04. The van der Waals surface area contributed by atoms with E-state index < -0.39 is 0 Å². The number of likely N-dealkylation sites (N-methyl/N-ethyl adjacent to an activating group) is 1. The third kappa shape index (κ3) is 2.61. The number of hydrogen-bond donors (Lipinski definition) is 1. The second kappa shape index (κ2) is 4.86. The zero-order chi connectivity index (χ0) is 9.84. The Labute approximate surface area is 84.2 Å². The van der Waals surface area contributed by atoms with Crippen molar-refractivity contribution >= 4 is 17.7 Å². The van der Waals surface area contributed by atoms with Crippen LogP contribution in [0.1, 0.15) is 6.92 Å². The Hall–Kier alpha value is -0.220. The first-order valence-corrected chi connectivity index (χ1v) is 6.02. The van der Waals surface area contributed by atoms with Crippen LogP contribution in [0.25, 0.3) is 0 Å². The van der Waals surface area contributed by atoms with Gasteiger partial charge in [0.25, 0.3) is 0 Å². The van der Waals surface area contributed by atoms with E-state index in [1.54, 1.807) is 11.8 Å². The van der Waals surface area contributed by atoms with Crippen LogP contribution in [0.5, 0.6) is 0 Å². The number of carbonyl (C=O) groups excluding carboxylic acids is 1. The van der Waals surface area contributed by atoms with Crippen molar-refractivity contribution in [3.8, 4) is 0 Å². The van der Waals surface area contributed by atoms with Crippen molar-refractivity contribution in [2.45, 2.75) is 13.0 Å². The molecule has 0 aromatic heterocycles. The molecule has 3 nitrogen and oxygen atoms in total. The van der Waals surface area contributed by atoms with Gasteiger partial charge < -0.3 is 10.2 Å². The smallest absolute Gasteiger partial charge is 0.226 e. The van der Waals surface area contributed by atoms with E-state index in [1.165, 1.54) is 0 Å². The highest BCUT2D eigenvalue weighted by molar-refractivity contribution is 7.98. The van der Waals surface area contributed by atoms with E-state index in [4.69, 9.17) is 0 Å². The van der Waals surface area contributed by atoms with Crippen LogP contribution >= 0.6 is 11.8 Å². The first-order chi connectivity index (χ1) is 6.16. The highest BCUT2D eigenvalue weighted by atomic mass is 32.2. The number of nitrogens with one attached hydrogen (secondary N) is 1. The first-order valence-electron chi connectivity index (χ1n) is 4.63. The van der Waals surface area contributed by atoms with E-state index in [-0.39, 0.29) is 11.8 Å². The molecule has 1 aliphatic heterocycles. The summed E-state index contributed by atoms with van der Waals surface area (Å²) in [5, 5.41) is 3.17. The SMILES string of the molecule is CSCC(C)C(=O)N(C)C1CNC1. The maximum atomic E-state index is 11.8. The van der Waals surface area contributed by atoms with Crippen molar-refractivity contribution in [1.29, 1.82) is 0 Å². The van der Waals surface area contributed by atoms with Gasteiger partial charge in [0.1, 0.15) is 0 Å². The standard InChI is InChI=1S/C9H18N2OS/c1-7(6-13-3)9(12)11(2)8-4-10-5-8/h7-8,10H,4-6H2,1-3H3. The molecule has 1 heterocycles. The monoisotopic (exact) mass is 202 g/mol. The third-order valence-electron chi connectivity index (χ3n) is 2.49. The van der Waals surface area contributed by atoms with Crippen LogP contribution in [0.15, 0.2) is 0 Å². The summed E-state index contributed by atoms with van der Waals surface area (Å²) in [6, 6.07) is 0.428. The third-order valence-corrected chi connectivity index (χ3v) is 3.33. The molecule has 0 aromatic carbocycles. The van der Waals surface area contributed by atoms with Gasteiger partial charge in [-0.1, -0.05) is 6.92 Å². The van der Waals surface area contributed by atoms with E-state index in [0.717, 1.165) is 18.8 Å². The van der Waals surface area contributed by atoms with Gasteiger partial charge in [0.15, 0.2) is 0 Å². The van der Waals surface area contributed by atoms with Crippen LogP contribution < -0.4 is 5.32 Å². The fourth-order valence-electron chi connectivity index (χ4n) is 1.40. The van der Waals surface area contributed by atoms with E-state index in [9.17, 15) is 4.79 Å². The molecule has 0 spiro atoms. The van der Waals surface area contributed by atoms with Crippen molar-refractivity contribution in [3.63, 3.8) is 0 Å². The average Bonchev–Trinajstić information content (AvgIpc) is 2.00. The summed E-state index contributed by atoms with van der Waals surface area (Å²) in [5.74, 6) is 1.35. The summed E-state index contributed by atoms with van der Waals surface area (Å²) in [4.78, 5) is 13.6. The summed E-state index contributed by atoms with van der Waals surface area (Å²) >= 11 is 1.73. The van der Waals surface area contributed by atoms with E-state index in [2.05, 4.69) is 5.32 Å². The molecule has 1 saturated heterocycles. The number of nitrogens with zero attached hydrogens (tertiary/aromatic N) is 1. The van der Waals surface area contributed by atoms with Crippen molar-refractivity contribution < 1.29 is 4.79 Å². The average molecular weight is 202 g/mol. The van der Waals surface area contributed by atoms with Gasteiger partial charge in [-0.15, -0.1) is 0 Å². The number of rotatable bonds is 4. The summed E-state index contributed by atoms with van der Waals surface area (Å²) in [6.45, 7) is 3.91. The normalized spacial score (nSPS) is 19.3. The van der Waals surface area contributed by atoms with Crippen LogP contribution in [-0.4, -0.2) is 49.0 Å². The van der Waals surface area contributed by atoms with Crippen LogP contribution in [0, 0.1) is 5.92 Å². The molecule has 1 fully saturated rings. The lowest BCUT2D eigenvalue weighted by Gasteiger charge is -2.36. The maximum Gasteiger partial charge on any atom is 0.226 e. The number of amides is 1. The Kier molecular flexibility index (Phi) is 4.06. The van der Waals surface area contributed by atoms with Gasteiger partial charge in [0.05, 0.1) is 6.04 Å². The minimum atomic E-state index is 0.153. The number of hydrogen-bond acceptors (Lipinski definition) is 3. The van der Waals surface area contributed by atoms with Gasteiger partial charge in [-0.2, -0.15) is 11.8 Å². The molecule has 13 heavy (non-hydrogen) atoms. The Morgan fingerprint density at radius 3 is 2.69 bits per heavy atom. The molecular weight excluding hydrogens is 184 g/mol. The molecule has 0 bridgehead atoms. The van der Waals surface area contributed by atoms with Gasteiger partial charge in [-0.25, -0.2) is 0 Å². The molecule has 1 aliphatic rings. The molecule has 0 saturated carbocycles. The zero-order valence-electron chi connectivity index (χ0n) is 8.54. The van der Waals surface area contributed by atoms with Crippen molar-refractivity contribution in [3.05, 3.63) is 0 Å². The lowest BCUT2D eigenvalue weighted by atomic mass is 10.1. The molecule has 1 N–H and O–H groups in total. The van der Waals surface area contributed by atoms with Gasteiger partial charge in [0, 0.05) is 31.8 Å². The van der Waals surface area contributed by atoms with E-state index in [1.807, 2.05) is 25.1 Å². The van der Waals surface area contributed by atoms with Gasteiger partial charge in [-0.3, -0.25) is 4.79 Å². The quantitative estimate of drug-likeness (QED) is 0.717. The van der Waals surface area contributed by atoms with Crippen molar-refractivity contribution in [2.75, 3.05) is 32.1 Å². The molecule has 0 aromatic rings. The number of thioether (sulfide) groups is 1. The molecule has 76 valence electrons. The summed E-state index contributed by atoms with van der Waals surface area (Å²) in [5.41, 5.74) is 0. The first kappa shape index (κ1) is 10.9. The molecule has 1 unspecified atom stereocenters. The Morgan fingerprint density at radius 2 is 2.31 bits per heavy atom. The molecule has 4 heteroatoms. The number of carbonyl (C=O) groups is 1. The fraction of sp³-hybridized carbons (Fsp3) is 0.889. The highest BCUT2D eigenvalue weighted by Gasteiger charge is 2.27. The predicted octanol–water partition coefficient (Wildman–Crippen LogP) is 0.416. The van der Waals surface area contributed by atoms with E-state index in [0.29, 0.717) is 6.04 Å². The molecular formula is C9H18N2OS. The summed E-state index contributed by atoms with van der Waals surface area (Å²) < 4.78 is 0. The lowest BCUT2D eigenvalue weighted by molar-refractivity contribution is -0.135. The molecule has 1 atom stereocenters. The summed E-state index contributed by atoms with van der Waals surface area (Å²) in [7, 11) is 1.91. The van der Waals surface area contributed by atoms with Crippen LogP contribution in [0.4, 0.5) is 0 Å². The topological polar surface area (TPSA) is 32.3 Å². The fourth-order valence-corrected chi connectivity index (χ4v) is 2.04. The minimum absolute atomic E-state index is 0.153. The van der Waals surface area contributed by atoms with Crippen molar-refractivity contribution in [1.82, 2.24) is 10.2 Å². The van der Waals surface area contributed by atoms with Gasteiger partial charge in [-0.05, 0) is 6.26 Å². The second-order valence-corrected chi connectivity index (χ2v) is 4.53. The second-order valence-electron chi connectivity index (χ2n) is 3.62. The van der Waals surface area contributed by atoms with Crippen LogP contribution in [-0.2, 0) is 4.79 Å². The molecule has 1 amide bonds. The van der Waals surface area contributed by atoms with Crippen molar-refractivity contribution in [2.24, 2.45) is 5.92 Å².